The molecule has 0 aliphatic carbocycles. The highest BCUT2D eigenvalue weighted by molar-refractivity contribution is 7.89. The Balaban J connectivity index is 2.32. The quantitative estimate of drug-likeness (QED) is 0.788. The van der Waals surface area contributed by atoms with E-state index in [0.717, 1.165) is 0 Å². The van der Waals surface area contributed by atoms with E-state index in [1.54, 1.807) is 6.92 Å². The van der Waals surface area contributed by atoms with E-state index in [2.05, 4.69) is 0 Å². The monoisotopic (exact) mass is 305 g/mol. The second kappa shape index (κ2) is 5.38. The summed E-state index contributed by atoms with van der Waals surface area (Å²) in [5.74, 6) is -0.310. The van der Waals surface area contributed by atoms with Gasteiger partial charge < -0.3 is 0 Å². The minimum atomic E-state index is -3.56. The maximum atomic E-state index is 13.1. The van der Waals surface area contributed by atoms with E-state index in [1.807, 2.05) is 6.92 Å². The molecule has 0 saturated carbocycles. The van der Waals surface area contributed by atoms with Crippen molar-refractivity contribution in [3.8, 4) is 0 Å². The van der Waals surface area contributed by atoms with Crippen LogP contribution >= 0.6 is 11.6 Å². The highest BCUT2D eigenvalue weighted by Gasteiger charge is 2.33. The maximum absolute atomic E-state index is 13.1. The lowest BCUT2D eigenvalue weighted by Gasteiger charge is -2.33. The largest absolute Gasteiger partial charge is 0.243 e. The van der Waals surface area contributed by atoms with E-state index >= 15 is 0 Å². The molecule has 19 heavy (non-hydrogen) atoms. The molecular formula is C13H17ClFNO2S. The van der Waals surface area contributed by atoms with Crippen molar-refractivity contribution in [2.45, 2.75) is 30.5 Å². The van der Waals surface area contributed by atoms with E-state index in [9.17, 15) is 12.8 Å². The molecule has 0 N–H and O–H groups in total. The first-order chi connectivity index (χ1) is 8.82. The van der Waals surface area contributed by atoms with Gasteiger partial charge in [-0.2, -0.15) is 4.31 Å². The Morgan fingerprint density at radius 1 is 1.42 bits per heavy atom. The zero-order valence-corrected chi connectivity index (χ0v) is 12.5. The average molecular weight is 306 g/mol. The second-order valence-corrected chi connectivity index (χ2v) is 7.52. The SMILES string of the molecule is Cc1cc(F)ccc1S(=O)(=O)N1CCC(Cl)C(C)C1. The van der Waals surface area contributed by atoms with Gasteiger partial charge in [-0.15, -0.1) is 11.6 Å². The summed E-state index contributed by atoms with van der Waals surface area (Å²) in [7, 11) is -3.56. The van der Waals surface area contributed by atoms with Crippen LogP contribution in [0, 0.1) is 18.7 Å². The van der Waals surface area contributed by atoms with Crippen LogP contribution in [0.25, 0.3) is 0 Å². The molecule has 0 radical (unpaired) electrons. The van der Waals surface area contributed by atoms with Gasteiger partial charge in [-0.05, 0) is 43.0 Å². The predicted molar refractivity (Wildman–Crippen MR) is 73.3 cm³/mol. The molecule has 3 nitrogen and oxygen atoms in total. The Morgan fingerprint density at radius 2 is 2.11 bits per heavy atom. The molecule has 1 fully saturated rings. The van der Waals surface area contributed by atoms with Crippen LogP contribution < -0.4 is 0 Å². The summed E-state index contributed by atoms with van der Waals surface area (Å²) in [5.41, 5.74) is 0.431. The van der Waals surface area contributed by atoms with Gasteiger partial charge >= 0.3 is 0 Å². The summed E-state index contributed by atoms with van der Waals surface area (Å²) in [4.78, 5) is 0.175. The molecule has 1 heterocycles. The first-order valence-electron chi connectivity index (χ1n) is 6.22. The van der Waals surface area contributed by atoms with Crippen LogP contribution in [0.5, 0.6) is 0 Å². The zero-order chi connectivity index (χ0) is 14.2. The smallest absolute Gasteiger partial charge is 0.207 e. The number of nitrogens with zero attached hydrogens (tertiary/aromatic N) is 1. The second-order valence-electron chi connectivity index (χ2n) is 5.05. The van der Waals surface area contributed by atoms with Crippen LogP contribution in [-0.4, -0.2) is 31.2 Å². The summed E-state index contributed by atoms with van der Waals surface area (Å²) in [5, 5.41) is 0.0146. The lowest BCUT2D eigenvalue weighted by atomic mass is 10.0. The molecule has 0 spiro atoms. The Hall–Kier alpha value is -0.650. The van der Waals surface area contributed by atoms with Crippen LogP contribution in [0.3, 0.4) is 0 Å². The van der Waals surface area contributed by atoms with Gasteiger partial charge in [0.05, 0.1) is 4.90 Å². The molecule has 1 aliphatic rings. The van der Waals surface area contributed by atoms with Crippen molar-refractivity contribution < 1.29 is 12.8 Å². The Labute approximate surface area is 118 Å². The summed E-state index contributed by atoms with van der Waals surface area (Å²) >= 11 is 6.11. The molecule has 2 rings (SSSR count). The number of piperidine rings is 1. The predicted octanol–water partition coefficient (Wildman–Crippen LogP) is 2.77. The van der Waals surface area contributed by atoms with Crippen molar-refractivity contribution in [3.05, 3.63) is 29.6 Å². The maximum Gasteiger partial charge on any atom is 0.243 e. The van der Waals surface area contributed by atoms with Crippen LogP contribution in [-0.2, 0) is 10.0 Å². The first kappa shape index (κ1) is 14.8. The highest BCUT2D eigenvalue weighted by atomic mass is 35.5. The molecule has 2 unspecified atom stereocenters. The third-order valence-electron chi connectivity index (χ3n) is 3.52. The van der Waals surface area contributed by atoms with Crippen molar-refractivity contribution in [2.24, 2.45) is 5.92 Å². The molecule has 0 amide bonds. The minimum Gasteiger partial charge on any atom is -0.207 e. The lowest BCUT2D eigenvalue weighted by Crippen LogP contribution is -2.43. The van der Waals surface area contributed by atoms with E-state index in [4.69, 9.17) is 11.6 Å². The number of hydrogen-bond donors (Lipinski definition) is 0. The molecule has 6 heteroatoms. The number of halogens is 2. The fourth-order valence-electron chi connectivity index (χ4n) is 2.34. The normalized spacial score (nSPS) is 25.5. The fraction of sp³-hybridized carbons (Fsp3) is 0.538. The number of sulfonamides is 1. The summed E-state index contributed by atoms with van der Waals surface area (Å²) in [6.07, 6.45) is 0.641. The molecule has 1 aromatic rings. The third-order valence-corrected chi connectivity index (χ3v) is 6.19. The van der Waals surface area contributed by atoms with Crippen LogP contribution in [0.2, 0.25) is 0 Å². The topological polar surface area (TPSA) is 37.4 Å². The van der Waals surface area contributed by atoms with E-state index in [-0.39, 0.29) is 16.2 Å². The molecule has 0 aromatic heterocycles. The van der Waals surface area contributed by atoms with Crippen LogP contribution in [0.1, 0.15) is 18.9 Å². The summed E-state index contributed by atoms with van der Waals surface area (Å²) in [6, 6.07) is 3.75. The number of alkyl halides is 1. The molecule has 106 valence electrons. The standard InChI is InChI=1S/C13H17ClFNO2S/c1-9-7-11(15)3-4-13(9)19(17,18)16-6-5-12(14)10(2)8-16/h3-4,7,10,12H,5-6,8H2,1-2H3. The first-order valence-corrected chi connectivity index (χ1v) is 8.10. The third kappa shape index (κ3) is 2.93. The molecule has 0 bridgehead atoms. The number of rotatable bonds is 2. The molecule has 1 saturated heterocycles. The number of aryl methyl sites for hydroxylation is 1. The Kier molecular flexibility index (Phi) is 4.18. The van der Waals surface area contributed by atoms with Gasteiger partial charge in [-0.1, -0.05) is 6.92 Å². The molecule has 2 atom stereocenters. The Morgan fingerprint density at radius 3 is 2.68 bits per heavy atom. The minimum absolute atomic E-state index is 0.0146. The van der Waals surface area contributed by atoms with E-state index < -0.39 is 15.8 Å². The summed E-state index contributed by atoms with van der Waals surface area (Å²) < 4.78 is 39.6. The van der Waals surface area contributed by atoms with E-state index in [1.165, 1.54) is 22.5 Å². The van der Waals surface area contributed by atoms with Crippen LogP contribution in [0.15, 0.2) is 23.1 Å². The van der Waals surface area contributed by atoms with Gasteiger partial charge in [0.25, 0.3) is 0 Å². The van der Waals surface area contributed by atoms with Gasteiger partial charge in [-0.25, -0.2) is 12.8 Å². The van der Waals surface area contributed by atoms with Crippen molar-refractivity contribution in [1.29, 1.82) is 0 Å². The number of hydrogen-bond acceptors (Lipinski definition) is 2. The molecule has 1 aromatic carbocycles. The van der Waals surface area contributed by atoms with Gasteiger partial charge in [0.2, 0.25) is 10.0 Å². The molecular weight excluding hydrogens is 289 g/mol. The van der Waals surface area contributed by atoms with Gasteiger partial charge in [-0.3, -0.25) is 0 Å². The van der Waals surface area contributed by atoms with E-state index in [0.29, 0.717) is 25.1 Å². The van der Waals surface area contributed by atoms with Crippen molar-refractivity contribution in [2.75, 3.05) is 13.1 Å². The zero-order valence-electron chi connectivity index (χ0n) is 10.9. The summed E-state index contributed by atoms with van der Waals surface area (Å²) in [6.45, 7) is 4.37. The van der Waals surface area contributed by atoms with Gasteiger partial charge in [0, 0.05) is 18.5 Å². The fourth-order valence-corrected chi connectivity index (χ4v) is 4.28. The Bertz CT molecular complexity index is 576. The van der Waals surface area contributed by atoms with Gasteiger partial charge in [0.15, 0.2) is 0 Å². The molecule has 1 aliphatic heterocycles. The lowest BCUT2D eigenvalue weighted by molar-refractivity contribution is 0.286. The van der Waals surface area contributed by atoms with Crippen molar-refractivity contribution in [1.82, 2.24) is 4.31 Å². The number of benzene rings is 1. The van der Waals surface area contributed by atoms with Crippen molar-refractivity contribution in [3.63, 3.8) is 0 Å². The van der Waals surface area contributed by atoms with Crippen LogP contribution in [0.4, 0.5) is 4.39 Å². The van der Waals surface area contributed by atoms with Gasteiger partial charge in [0.1, 0.15) is 5.82 Å². The average Bonchev–Trinajstić information content (AvgIpc) is 2.32. The highest BCUT2D eigenvalue weighted by Crippen LogP contribution is 2.28. The van der Waals surface area contributed by atoms with Crippen molar-refractivity contribution >= 4 is 21.6 Å².